The van der Waals surface area contributed by atoms with Crippen molar-refractivity contribution in [2.24, 2.45) is 0 Å². The van der Waals surface area contributed by atoms with Crippen molar-refractivity contribution in [1.29, 1.82) is 0 Å². The van der Waals surface area contributed by atoms with Gasteiger partial charge in [0.05, 0.1) is 5.60 Å². The van der Waals surface area contributed by atoms with E-state index in [1.165, 1.54) is 20.5 Å². The first-order chi connectivity index (χ1) is 6.96. The predicted octanol–water partition coefficient (Wildman–Crippen LogP) is 3.52. The van der Waals surface area contributed by atoms with E-state index in [0.717, 1.165) is 6.42 Å². The summed E-state index contributed by atoms with van der Waals surface area (Å²) in [7, 11) is 0. The third-order valence-corrected chi connectivity index (χ3v) is 3.69. The average Bonchev–Trinajstić information content (AvgIpc) is 2.45. The molecule has 0 bridgehead atoms. The Labute approximate surface area is 94.4 Å². The molecule has 0 aliphatic carbocycles. The Kier molecular flexibility index (Phi) is 2.57. The molecule has 2 heteroatoms. The summed E-state index contributed by atoms with van der Waals surface area (Å²) in [6, 6.07) is 8.53. The molecule has 0 aliphatic heterocycles. The molecule has 0 unspecified atom stereocenters. The Bertz CT molecular complexity index is 477. The van der Waals surface area contributed by atoms with Crippen molar-refractivity contribution in [3.05, 3.63) is 34.7 Å². The Balaban J connectivity index is 2.44. The van der Waals surface area contributed by atoms with E-state index in [1.54, 1.807) is 11.3 Å². The van der Waals surface area contributed by atoms with E-state index in [9.17, 15) is 5.11 Å². The second-order valence-corrected chi connectivity index (χ2v) is 5.83. The van der Waals surface area contributed by atoms with Crippen LogP contribution in [0.3, 0.4) is 0 Å². The number of rotatable bonds is 2. The van der Waals surface area contributed by atoms with Crippen molar-refractivity contribution < 1.29 is 5.11 Å². The van der Waals surface area contributed by atoms with Crippen LogP contribution in [0.25, 0.3) is 10.1 Å². The molecular weight excluding hydrogens is 204 g/mol. The van der Waals surface area contributed by atoms with Crippen LogP contribution in [0, 0.1) is 6.92 Å². The SMILES string of the molecule is Cc1cccc2cc(CC(C)(C)O)sc12. The van der Waals surface area contributed by atoms with E-state index in [2.05, 4.69) is 31.2 Å². The second-order valence-electron chi connectivity index (χ2n) is 4.70. The van der Waals surface area contributed by atoms with Crippen LogP contribution in [0.5, 0.6) is 0 Å². The normalized spacial score (nSPS) is 12.3. The fourth-order valence-electron chi connectivity index (χ4n) is 1.78. The molecular formula is C13H16OS. The maximum Gasteiger partial charge on any atom is 0.0639 e. The summed E-state index contributed by atoms with van der Waals surface area (Å²) in [5.74, 6) is 0. The average molecular weight is 220 g/mol. The first-order valence-corrected chi connectivity index (χ1v) is 5.98. The summed E-state index contributed by atoms with van der Waals surface area (Å²) in [6.45, 7) is 5.83. The van der Waals surface area contributed by atoms with Crippen LogP contribution in [0.4, 0.5) is 0 Å². The molecule has 2 aromatic rings. The summed E-state index contributed by atoms with van der Waals surface area (Å²) in [5, 5.41) is 11.1. The fraction of sp³-hybridized carbons (Fsp3) is 0.385. The van der Waals surface area contributed by atoms with E-state index >= 15 is 0 Å². The van der Waals surface area contributed by atoms with Crippen molar-refractivity contribution in [3.63, 3.8) is 0 Å². The van der Waals surface area contributed by atoms with Gasteiger partial charge < -0.3 is 5.11 Å². The van der Waals surface area contributed by atoms with E-state index in [0.29, 0.717) is 0 Å². The van der Waals surface area contributed by atoms with Gasteiger partial charge in [-0.1, -0.05) is 18.2 Å². The smallest absolute Gasteiger partial charge is 0.0639 e. The lowest BCUT2D eigenvalue weighted by Crippen LogP contribution is -2.20. The number of aliphatic hydroxyl groups is 1. The summed E-state index contributed by atoms with van der Waals surface area (Å²) in [5.41, 5.74) is 0.703. The molecule has 0 saturated heterocycles. The summed E-state index contributed by atoms with van der Waals surface area (Å²) < 4.78 is 1.34. The third kappa shape index (κ3) is 2.39. The molecule has 1 aromatic carbocycles. The van der Waals surface area contributed by atoms with E-state index < -0.39 is 5.60 Å². The van der Waals surface area contributed by atoms with Crippen molar-refractivity contribution in [3.8, 4) is 0 Å². The fourth-order valence-corrected chi connectivity index (χ4v) is 3.12. The molecule has 80 valence electrons. The predicted molar refractivity (Wildman–Crippen MR) is 66.6 cm³/mol. The zero-order chi connectivity index (χ0) is 11.1. The lowest BCUT2D eigenvalue weighted by molar-refractivity contribution is 0.0819. The van der Waals surface area contributed by atoms with Crippen LogP contribution in [0.2, 0.25) is 0 Å². The van der Waals surface area contributed by atoms with Gasteiger partial charge in [-0.25, -0.2) is 0 Å². The van der Waals surface area contributed by atoms with Crippen molar-refractivity contribution in [1.82, 2.24) is 0 Å². The van der Waals surface area contributed by atoms with Gasteiger partial charge in [-0.15, -0.1) is 11.3 Å². The van der Waals surface area contributed by atoms with Gasteiger partial charge in [0.25, 0.3) is 0 Å². The molecule has 0 fully saturated rings. The van der Waals surface area contributed by atoms with Crippen molar-refractivity contribution in [2.45, 2.75) is 32.8 Å². The molecule has 0 amide bonds. The van der Waals surface area contributed by atoms with Crippen LogP contribution in [0.1, 0.15) is 24.3 Å². The summed E-state index contributed by atoms with van der Waals surface area (Å²) in [6.07, 6.45) is 0.728. The number of thiophene rings is 1. The zero-order valence-corrected chi connectivity index (χ0v) is 10.2. The van der Waals surface area contributed by atoms with Gasteiger partial charge >= 0.3 is 0 Å². The molecule has 1 aromatic heterocycles. The Hall–Kier alpha value is -0.860. The molecule has 0 saturated carbocycles. The van der Waals surface area contributed by atoms with Crippen LogP contribution < -0.4 is 0 Å². The minimum Gasteiger partial charge on any atom is -0.390 e. The van der Waals surface area contributed by atoms with E-state index in [-0.39, 0.29) is 0 Å². The number of aryl methyl sites for hydroxylation is 1. The quantitative estimate of drug-likeness (QED) is 0.821. The summed E-state index contributed by atoms with van der Waals surface area (Å²) >= 11 is 1.79. The van der Waals surface area contributed by atoms with Crippen molar-refractivity contribution in [2.75, 3.05) is 0 Å². The molecule has 0 aliphatic rings. The van der Waals surface area contributed by atoms with Gasteiger partial charge in [0.15, 0.2) is 0 Å². The Morgan fingerprint density at radius 3 is 2.67 bits per heavy atom. The maximum absolute atomic E-state index is 9.77. The molecule has 0 spiro atoms. The van der Waals surface area contributed by atoms with Gasteiger partial charge in [0, 0.05) is 16.0 Å². The molecule has 2 rings (SSSR count). The minimum atomic E-state index is -0.616. The molecule has 1 nitrogen and oxygen atoms in total. The van der Waals surface area contributed by atoms with Gasteiger partial charge in [0.2, 0.25) is 0 Å². The number of hydrogen-bond donors (Lipinski definition) is 1. The molecule has 0 radical (unpaired) electrons. The highest BCUT2D eigenvalue weighted by Gasteiger charge is 2.15. The second kappa shape index (κ2) is 3.62. The monoisotopic (exact) mass is 220 g/mol. The van der Waals surface area contributed by atoms with Crippen LogP contribution >= 0.6 is 11.3 Å². The van der Waals surface area contributed by atoms with Crippen LogP contribution in [-0.4, -0.2) is 10.7 Å². The van der Waals surface area contributed by atoms with E-state index in [4.69, 9.17) is 0 Å². The number of hydrogen-bond acceptors (Lipinski definition) is 2. The summed E-state index contributed by atoms with van der Waals surface area (Å²) in [4.78, 5) is 1.26. The molecule has 15 heavy (non-hydrogen) atoms. The lowest BCUT2D eigenvalue weighted by Gasteiger charge is -2.14. The van der Waals surface area contributed by atoms with Gasteiger partial charge in [-0.3, -0.25) is 0 Å². The van der Waals surface area contributed by atoms with Crippen molar-refractivity contribution >= 4 is 21.4 Å². The highest BCUT2D eigenvalue weighted by molar-refractivity contribution is 7.19. The standard InChI is InChI=1S/C13H16OS/c1-9-5-4-6-10-7-11(15-12(9)10)8-13(2,3)14/h4-7,14H,8H2,1-3H3. The first kappa shape index (κ1) is 10.7. The number of fused-ring (bicyclic) bond motifs is 1. The lowest BCUT2D eigenvalue weighted by atomic mass is 10.0. The minimum absolute atomic E-state index is 0.616. The van der Waals surface area contributed by atoms with Gasteiger partial charge in [-0.05, 0) is 37.8 Å². The topological polar surface area (TPSA) is 20.2 Å². The van der Waals surface area contributed by atoms with E-state index in [1.807, 2.05) is 13.8 Å². The van der Waals surface area contributed by atoms with Gasteiger partial charge in [0.1, 0.15) is 0 Å². The van der Waals surface area contributed by atoms with Crippen LogP contribution in [0.15, 0.2) is 24.3 Å². The molecule has 1 N–H and O–H groups in total. The number of benzene rings is 1. The Morgan fingerprint density at radius 1 is 1.33 bits per heavy atom. The first-order valence-electron chi connectivity index (χ1n) is 5.16. The maximum atomic E-state index is 9.77. The third-order valence-electron chi connectivity index (χ3n) is 2.40. The zero-order valence-electron chi connectivity index (χ0n) is 9.37. The highest BCUT2D eigenvalue weighted by atomic mass is 32.1. The highest BCUT2D eigenvalue weighted by Crippen LogP contribution is 2.30. The Morgan fingerprint density at radius 2 is 2.07 bits per heavy atom. The molecule has 1 heterocycles. The van der Waals surface area contributed by atoms with Gasteiger partial charge in [-0.2, -0.15) is 0 Å². The molecule has 0 atom stereocenters. The van der Waals surface area contributed by atoms with Crippen LogP contribution in [-0.2, 0) is 6.42 Å². The largest absolute Gasteiger partial charge is 0.390 e.